The van der Waals surface area contributed by atoms with E-state index in [4.69, 9.17) is 5.73 Å². The summed E-state index contributed by atoms with van der Waals surface area (Å²) >= 11 is 0. The Hall–Kier alpha value is -2.63. The van der Waals surface area contributed by atoms with E-state index in [0.717, 1.165) is 11.6 Å². The van der Waals surface area contributed by atoms with Crippen LogP contribution in [0, 0.1) is 0 Å². The molecular weight excluding hydrogens is 236 g/mol. The molecule has 18 heavy (non-hydrogen) atoms. The number of hydrogen-bond acceptors (Lipinski definition) is 4. The molecule has 0 spiro atoms. The van der Waals surface area contributed by atoms with Crippen molar-refractivity contribution in [3.05, 3.63) is 47.7 Å². The minimum absolute atomic E-state index is 0.0302. The van der Waals surface area contributed by atoms with E-state index in [-0.39, 0.29) is 17.9 Å². The van der Waals surface area contributed by atoms with E-state index in [0.29, 0.717) is 5.06 Å². The molecule has 0 bridgehead atoms. The van der Waals surface area contributed by atoms with Crippen LogP contribution in [0.25, 0.3) is 0 Å². The van der Waals surface area contributed by atoms with E-state index < -0.39 is 12.0 Å². The summed E-state index contributed by atoms with van der Waals surface area (Å²) in [6, 6.07) is 9.03. The first-order valence-corrected chi connectivity index (χ1v) is 5.18. The van der Waals surface area contributed by atoms with Crippen molar-refractivity contribution < 1.29 is 19.2 Å². The molecule has 0 aromatic heterocycles. The second kappa shape index (κ2) is 4.70. The van der Waals surface area contributed by atoms with Crippen molar-refractivity contribution in [2.45, 2.75) is 6.42 Å². The summed E-state index contributed by atoms with van der Waals surface area (Å²) < 4.78 is 0. The first kappa shape index (κ1) is 11.8. The molecule has 1 aliphatic rings. The lowest BCUT2D eigenvalue weighted by atomic mass is 10.0. The molecule has 2 N–H and O–H groups in total. The number of nitrogens with two attached hydrogens (primary N) is 1. The molecule has 0 atom stereocenters. The smallest absolute Gasteiger partial charge is 0.333 e. The number of hydroxylamine groups is 2. The number of amides is 2. The maximum absolute atomic E-state index is 11.8. The quantitative estimate of drug-likeness (QED) is 0.839. The van der Waals surface area contributed by atoms with Crippen molar-refractivity contribution in [1.82, 2.24) is 5.06 Å². The van der Waals surface area contributed by atoms with E-state index in [2.05, 4.69) is 4.84 Å². The van der Waals surface area contributed by atoms with E-state index in [1.165, 1.54) is 0 Å². The zero-order valence-corrected chi connectivity index (χ0v) is 9.33. The zero-order chi connectivity index (χ0) is 13.1. The topological polar surface area (TPSA) is 89.7 Å². The van der Waals surface area contributed by atoms with Gasteiger partial charge >= 0.3 is 6.09 Å². The summed E-state index contributed by atoms with van der Waals surface area (Å²) in [7, 11) is 0. The molecule has 0 radical (unpaired) electrons. The number of rotatable bonds is 4. The van der Waals surface area contributed by atoms with Gasteiger partial charge in [-0.05, 0) is 5.56 Å². The molecular formula is C12H10N2O4. The highest BCUT2D eigenvalue weighted by molar-refractivity contribution is 6.11. The summed E-state index contributed by atoms with van der Waals surface area (Å²) in [5, 5.41) is 0.605. The van der Waals surface area contributed by atoms with Crippen LogP contribution in [-0.4, -0.2) is 22.8 Å². The Morgan fingerprint density at radius 2 is 1.89 bits per heavy atom. The molecule has 0 aliphatic carbocycles. The second-order valence-corrected chi connectivity index (χ2v) is 3.66. The lowest BCUT2D eigenvalue weighted by molar-refractivity contribution is -0.161. The number of allylic oxidation sites excluding steroid dienone is 1. The first-order valence-electron chi connectivity index (χ1n) is 5.18. The third-order valence-corrected chi connectivity index (χ3v) is 2.35. The summed E-state index contributed by atoms with van der Waals surface area (Å²) in [6.45, 7) is 0. The number of carbonyl (C=O) groups is 3. The molecule has 0 unspecified atom stereocenters. The van der Waals surface area contributed by atoms with Gasteiger partial charge in [-0.3, -0.25) is 9.59 Å². The van der Waals surface area contributed by atoms with Gasteiger partial charge in [0.05, 0.1) is 0 Å². The fraction of sp³-hybridized carbons (Fsp3) is 0.0833. The van der Waals surface area contributed by atoms with Crippen LogP contribution in [0.5, 0.6) is 0 Å². The molecule has 2 rings (SSSR count). The Labute approximate surface area is 103 Å². The van der Waals surface area contributed by atoms with Gasteiger partial charge < -0.3 is 10.6 Å². The molecule has 1 heterocycles. The average Bonchev–Trinajstić information content (AvgIpc) is 2.34. The van der Waals surface area contributed by atoms with Crippen molar-refractivity contribution in [1.29, 1.82) is 0 Å². The monoisotopic (exact) mass is 246 g/mol. The Morgan fingerprint density at radius 3 is 2.44 bits per heavy atom. The standard InChI is InChI=1S/C12H10N2O4/c13-12(17)18-14-9(7-11(14)16)10(15)6-8-4-2-1-3-5-8/h1-5,7H,6H2,(H2,13,17). The van der Waals surface area contributed by atoms with Crippen LogP contribution in [-0.2, 0) is 20.8 Å². The van der Waals surface area contributed by atoms with Crippen LogP contribution in [0.4, 0.5) is 4.79 Å². The summed E-state index contributed by atoms with van der Waals surface area (Å²) in [4.78, 5) is 37.9. The number of carbonyl (C=O) groups excluding carboxylic acids is 3. The maximum atomic E-state index is 11.8. The van der Waals surface area contributed by atoms with Crippen LogP contribution < -0.4 is 5.73 Å². The van der Waals surface area contributed by atoms with Gasteiger partial charge in [0.15, 0.2) is 5.78 Å². The van der Waals surface area contributed by atoms with Gasteiger partial charge in [0.1, 0.15) is 5.70 Å². The van der Waals surface area contributed by atoms with Gasteiger partial charge in [-0.15, -0.1) is 5.06 Å². The molecule has 6 nitrogen and oxygen atoms in total. The number of ketones is 1. The number of benzene rings is 1. The van der Waals surface area contributed by atoms with Gasteiger partial charge in [0, 0.05) is 12.5 Å². The molecule has 2 amide bonds. The normalized spacial score (nSPS) is 13.7. The lowest BCUT2D eigenvalue weighted by Crippen LogP contribution is -2.43. The maximum Gasteiger partial charge on any atom is 0.429 e. The Balaban J connectivity index is 2.04. The highest BCUT2D eigenvalue weighted by Crippen LogP contribution is 2.19. The van der Waals surface area contributed by atoms with Crippen LogP contribution in [0.15, 0.2) is 42.1 Å². The first-order chi connectivity index (χ1) is 8.58. The molecule has 0 saturated heterocycles. The van der Waals surface area contributed by atoms with Crippen LogP contribution >= 0.6 is 0 Å². The predicted molar refractivity (Wildman–Crippen MR) is 60.8 cm³/mol. The van der Waals surface area contributed by atoms with Crippen LogP contribution in [0.2, 0.25) is 0 Å². The summed E-state index contributed by atoms with van der Waals surface area (Å²) in [5.41, 5.74) is 5.62. The SMILES string of the molecule is NC(=O)ON1C(=O)C=C1C(=O)Cc1ccccc1. The molecule has 1 aromatic carbocycles. The van der Waals surface area contributed by atoms with Crippen LogP contribution in [0.1, 0.15) is 5.56 Å². The second-order valence-electron chi connectivity index (χ2n) is 3.66. The van der Waals surface area contributed by atoms with Crippen molar-refractivity contribution in [3.8, 4) is 0 Å². The highest BCUT2D eigenvalue weighted by atomic mass is 16.7. The minimum Gasteiger partial charge on any atom is -0.333 e. The Morgan fingerprint density at radius 1 is 1.22 bits per heavy atom. The van der Waals surface area contributed by atoms with Crippen LogP contribution in [0.3, 0.4) is 0 Å². The largest absolute Gasteiger partial charge is 0.429 e. The molecule has 92 valence electrons. The molecule has 0 fully saturated rings. The van der Waals surface area contributed by atoms with E-state index in [1.807, 2.05) is 6.07 Å². The van der Waals surface area contributed by atoms with Gasteiger partial charge in [-0.1, -0.05) is 30.3 Å². The third-order valence-electron chi connectivity index (χ3n) is 2.35. The fourth-order valence-corrected chi connectivity index (χ4v) is 1.54. The molecule has 1 aliphatic heterocycles. The number of primary amides is 1. The Bertz CT molecular complexity index is 536. The number of nitrogens with zero attached hydrogens (tertiary/aromatic N) is 1. The Kier molecular flexibility index (Phi) is 3.09. The van der Waals surface area contributed by atoms with Gasteiger partial charge in [0.2, 0.25) is 0 Å². The van der Waals surface area contributed by atoms with Gasteiger partial charge in [-0.25, -0.2) is 4.79 Å². The number of Topliss-reactive ketones (excluding diaryl/α,β-unsaturated/α-hetero) is 1. The number of hydrogen-bond donors (Lipinski definition) is 1. The molecule has 1 aromatic rings. The van der Waals surface area contributed by atoms with Gasteiger partial charge in [0.25, 0.3) is 5.91 Å². The van der Waals surface area contributed by atoms with Crippen molar-refractivity contribution in [3.63, 3.8) is 0 Å². The van der Waals surface area contributed by atoms with E-state index in [1.54, 1.807) is 24.3 Å². The van der Waals surface area contributed by atoms with Gasteiger partial charge in [-0.2, -0.15) is 0 Å². The fourth-order valence-electron chi connectivity index (χ4n) is 1.54. The highest BCUT2D eigenvalue weighted by Gasteiger charge is 2.34. The third kappa shape index (κ3) is 2.37. The summed E-state index contributed by atoms with van der Waals surface area (Å²) in [6.07, 6.45) is 0.0914. The van der Waals surface area contributed by atoms with E-state index in [9.17, 15) is 14.4 Å². The summed E-state index contributed by atoms with van der Waals surface area (Å²) in [5.74, 6) is -0.896. The predicted octanol–water partition coefficient (Wildman–Crippen LogP) is 0.535. The lowest BCUT2D eigenvalue weighted by Gasteiger charge is -2.26. The zero-order valence-electron chi connectivity index (χ0n) is 9.33. The molecule has 6 heteroatoms. The minimum atomic E-state index is -1.14. The van der Waals surface area contributed by atoms with Crippen molar-refractivity contribution >= 4 is 17.8 Å². The van der Waals surface area contributed by atoms with E-state index >= 15 is 0 Å². The van der Waals surface area contributed by atoms with Crippen molar-refractivity contribution in [2.75, 3.05) is 0 Å². The van der Waals surface area contributed by atoms with Crippen molar-refractivity contribution in [2.24, 2.45) is 5.73 Å². The average molecular weight is 246 g/mol. The molecule has 0 saturated carbocycles.